The fourth-order valence-corrected chi connectivity index (χ4v) is 5.50. The number of sulfonamides is 1. The average molecular weight is 560 g/mol. The Balaban J connectivity index is 1.44. The van der Waals surface area contributed by atoms with Crippen molar-refractivity contribution in [3.8, 4) is 5.75 Å². The van der Waals surface area contributed by atoms with Crippen LogP contribution in [-0.2, 0) is 14.8 Å². The van der Waals surface area contributed by atoms with Gasteiger partial charge < -0.3 is 4.74 Å². The number of hydrogen-bond donors (Lipinski definition) is 1. The Morgan fingerprint density at radius 1 is 1.09 bits per heavy atom. The fourth-order valence-electron chi connectivity index (χ4n) is 3.12. The summed E-state index contributed by atoms with van der Waals surface area (Å²) in [4.78, 5) is 12.7. The minimum absolute atomic E-state index is 0.0917. The highest BCUT2D eigenvalue weighted by molar-refractivity contribution is 9.10. The van der Waals surface area contributed by atoms with Crippen LogP contribution in [0.4, 0.5) is 5.69 Å². The quantitative estimate of drug-likeness (QED) is 0.312. The molecular formula is C24H22BrN3O4S2. The maximum absolute atomic E-state index is 13.3. The number of carbonyl (C=O) groups is 1. The molecular weight excluding hydrogens is 538 g/mol. The Labute approximate surface area is 211 Å². The van der Waals surface area contributed by atoms with E-state index in [1.165, 1.54) is 18.3 Å². The van der Waals surface area contributed by atoms with Gasteiger partial charge in [-0.05, 0) is 60.2 Å². The van der Waals surface area contributed by atoms with Crippen molar-refractivity contribution in [3.63, 3.8) is 0 Å². The third-order valence-corrected chi connectivity index (χ3v) is 8.40. The highest BCUT2D eigenvalue weighted by Crippen LogP contribution is 2.26. The largest absolute Gasteiger partial charge is 0.489 e. The highest BCUT2D eigenvalue weighted by Gasteiger charge is 2.27. The van der Waals surface area contributed by atoms with Crippen molar-refractivity contribution in [3.05, 3.63) is 88.9 Å². The van der Waals surface area contributed by atoms with Crippen molar-refractivity contribution in [2.24, 2.45) is 5.10 Å². The predicted octanol–water partition coefficient (Wildman–Crippen LogP) is 4.29. The number of benzene rings is 3. The van der Waals surface area contributed by atoms with Crippen LogP contribution in [0.25, 0.3) is 0 Å². The summed E-state index contributed by atoms with van der Waals surface area (Å²) in [6.45, 7) is -0.433. The van der Waals surface area contributed by atoms with Gasteiger partial charge in [-0.15, -0.1) is 0 Å². The lowest BCUT2D eigenvalue weighted by Gasteiger charge is -2.25. The molecule has 1 amide bonds. The number of nitrogens with one attached hydrogen (secondary N) is 1. The zero-order valence-corrected chi connectivity index (χ0v) is 21.2. The van der Waals surface area contributed by atoms with Crippen LogP contribution in [0.15, 0.2) is 93.3 Å². The molecule has 1 saturated heterocycles. The molecule has 34 heavy (non-hydrogen) atoms. The maximum atomic E-state index is 13.3. The number of ether oxygens (including phenoxy) is 1. The molecule has 0 aromatic heterocycles. The van der Waals surface area contributed by atoms with Gasteiger partial charge in [0.15, 0.2) is 0 Å². The first-order valence-corrected chi connectivity index (χ1v) is 13.8. The van der Waals surface area contributed by atoms with E-state index in [1.54, 1.807) is 42.5 Å². The molecule has 0 atom stereocenters. The summed E-state index contributed by atoms with van der Waals surface area (Å²) in [5.74, 6) is 2.23. The molecule has 0 aliphatic carbocycles. The molecule has 0 spiro atoms. The minimum Gasteiger partial charge on any atom is -0.489 e. The molecule has 3 aromatic carbocycles. The van der Waals surface area contributed by atoms with Gasteiger partial charge in [-0.1, -0.05) is 40.2 Å². The lowest BCUT2D eigenvalue weighted by molar-refractivity contribution is -0.119. The van der Waals surface area contributed by atoms with Crippen LogP contribution in [0.5, 0.6) is 5.75 Å². The van der Waals surface area contributed by atoms with Crippen molar-refractivity contribution >= 4 is 55.5 Å². The summed E-state index contributed by atoms with van der Waals surface area (Å²) >= 11 is 5.21. The molecule has 4 rings (SSSR count). The number of hydrazone groups is 1. The number of anilines is 1. The van der Waals surface area contributed by atoms with Gasteiger partial charge in [-0.2, -0.15) is 16.9 Å². The van der Waals surface area contributed by atoms with Gasteiger partial charge in [0.2, 0.25) is 0 Å². The summed E-state index contributed by atoms with van der Waals surface area (Å²) in [7, 11) is -3.97. The standard InChI is InChI=1S/C24H22BrN3O4S2/c25-19-5-4-6-20(13-19)28(34(30,31)23-7-2-1-3-8-23)15-24(29)27-26-14-18-9-11-21(12-10-18)32-22-16-33-17-22/h1-14,22H,15-17H2,(H,27,29)/b26-14-. The van der Waals surface area contributed by atoms with Gasteiger partial charge >= 0.3 is 0 Å². The second-order valence-electron chi connectivity index (χ2n) is 7.44. The Morgan fingerprint density at radius 2 is 1.82 bits per heavy atom. The highest BCUT2D eigenvalue weighted by atomic mass is 79.9. The SMILES string of the molecule is O=C(CN(c1cccc(Br)c1)S(=O)(=O)c1ccccc1)N/N=C\c1ccc(OC2CSC2)cc1. The molecule has 1 aliphatic heterocycles. The van der Waals surface area contributed by atoms with Gasteiger partial charge in [0.25, 0.3) is 15.9 Å². The van der Waals surface area contributed by atoms with Crippen molar-refractivity contribution in [2.75, 3.05) is 22.4 Å². The number of carbonyl (C=O) groups excluding carboxylic acids is 1. The van der Waals surface area contributed by atoms with Crippen molar-refractivity contribution in [2.45, 2.75) is 11.0 Å². The summed E-state index contributed by atoms with van der Waals surface area (Å²) < 4.78 is 34.1. The second-order valence-corrected chi connectivity index (χ2v) is 11.3. The van der Waals surface area contributed by atoms with Crippen LogP contribution >= 0.6 is 27.7 Å². The summed E-state index contributed by atoms with van der Waals surface area (Å²) in [6, 6.07) is 22.1. The molecule has 10 heteroatoms. The molecule has 3 aromatic rings. The normalized spacial score (nSPS) is 13.9. The van der Waals surface area contributed by atoms with Gasteiger partial charge in [0, 0.05) is 16.0 Å². The van der Waals surface area contributed by atoms with Gasteiger partial charge in [0.05, 0.1) is 16.8 Å². The van der Waals surface area contributed by atoms with E-state index in [-0.39, 0.29) is 11.0 Å². The summed E-state index contributed by atoms with van der Waals surface area (Å²) in [5, 5.41) is 3.98. The van der Waals surface area contributed by atoms with Crippen LogP contribution in [-0.4, -0.2) is 44.7 Å². The average Bonchev–Trinajstić information content (AvgIpc) is 2.81. The number of rotatable bonds is 9. The van der Waals surface area contributed by atoms with Crippen molar-refractivity contribution in [1.29, 1.82) is 0 Å². The van der Waals surface area contributed by atoms with Crippen molar-refractivity contribution in [1.82, 2.24) is 5.43 Å². The molecule has 1 fully saturated rings. The summed E-state index contributed by atoms with van der Waals surface area (Å²) in [5.41, 5.74) is 3.55. The van der Waals surface area contributed by atoms with E-state index in [0.29, 0.717) is 10.2 Å². The Hall–Kier alpha value is -2.82. The van der Waals surface area contributed by atoms with Gasteiger partial charge in [-0.25, -0.2) is 13.8 Å². The van der Waals surface area contributed by atoms with Gasteiger partial charge in [-0.3, -0.25) is 9.10 Å². The topological polar surface area (TPSA) is 88.1 Å². The van der Waals surface area contributed by atoms with E-state index in [9.17, 15) is 13.2 Å². The van der Waals surface area contributed by atoms with E-state index in [1.807, 2.05) is 36.0 Å². The van der Waals surface area contributed by atoms with Crippen LogP contribution in [0, 0.1) is 0 Å². The third kappa shape index (κ3) is 6.19. The van der Waals surface area contributed by atoms with Crippen LogP contribution in [0.2, 0.25) is 0 Å². The molecule has 0 bridgehead atoms. The van der Waals surface area contributed by atoms with E-state index in [2.05, 4.69) is 26.5 Å². The number of nitrogens with zero attached hydrogens (tertiary/aromatic N) is 2. The van der Waals surface area contributed by atoms with E-state index in [0.717, 1.165) is 27.1 Å². The smallest absolute Gasteiger partial charge is 0.264 e. The molecule has 7 nitrogen and oxygen atoms in total. The Kier molecular flexibility index (Phi) is 7.91. The first-order valence-electron chi connectivity index (χ1n) is 10.4. The maximum Gasteiger partial charge on any atom is 0.264 e. The number of thioether (sulfide) groups is 1. The molecule has 1 aliphatic rings. The van der Waals surface area contributed by atoms with Crippen LogP contribution < -0.4 is 14.5 Å². The van der Waals surface area contributed by atoms with E-state index >= 15 is 0 Å². The molecule has 1 N–H and O–H groups in total. The zero-order chi connectivity index (χ0) is 24.0. The zero-order valence-electron chi connectivity index (χ0n) is 18.0. The fraction of sp³-hybridized carbons (Fsp3) is 0.167. The van der Waals surface area contributed by atoms with Crippen LogP contribution in [0.1, 0.15) is 5.56 Å². The molecule has 0 unspecified atom stereocenters. The summed E-state index contributed by atoms with van der Waals surface area (Å²) in [6.07, 6.45) is 1.76. The second kappa shape index (κ2) is 11.1. The monoisotopic (exact) mass is 559 g/mol. The third-order valence-electron chi connectivity index (χ3n) is 4.91. The number of amides is 1. The van der Waals surface area contributed by atoms with Crippen molar-refractivity contribution < 1.29 is 17.9 Å². The minimum atomic E-state index is -3.97. The number of halogens is 1. The molecule has 0 saturated carbocycles. The lowest BCUT2D eigenvalue weighted by Crippen LogP contribution is -2.39. The number of hydrogen-bond acceptors (Lipinski definition) is 6. The first kappa shape index (κ1) is 24.3. The Morgan fingerprint density at radius 3 is 2.47 bits per heavy atom. The molecule has 176 valence electrons. The Bertz CT molecular complexity index is 1260. The lowest BCUT2D eigenvalue weighted by atomic mass is 10.2. The molecule has 0 radical (unpaired) electrons. The molecule has 1 heterocycles. The van der Waals surface area contributed by atoms with Gasteiger partial charge in [0.1, 0.15) is 18.4 Å². The first-order chi connectivity index (χ1) is 16.4. The van der Waals surface area contributed by atoms with E-state index in [4.69, 9.17) is 4.74 Å². The predicted molar refractivity (Wildman–Crippen MR) is 139 cm³/mol. The van der Waals surface area contributed by atoms with E-state index < -0.39 is 22.5 Å². The van der Waals surface area contributed by atoms with Crippen LogP contribution in [0.3, 0.4) is 0 Å².